The SMILES string of the molecule is CCCCCCCC/C=C\CCCCCCCC(=O)C(O)(CO)C(=O)O. The minimum absolute atomic E-state index is 0.0124. The van der Waals surface area contributed by atoms with Gasteiger partial charge in [-0.3, -0.25) is 4.79 Å². The Kier molecular flexibility index (Phi) is 15.3. The number of allylic oxidation sites excluding steroid dienone is 2. The van der Waals surface area contributed by atoms with Crippen molar-refractivity contribution in [2.75, 3.05) is 6.61 Å². The van der Waals surface area contributed by atoms with Gasteiger partial charge in [-0.05, 0) is 32.1 Å². The summed E-state index contributed by atoms with van der Waals surface area (Å²) in [6.07, 6.45) is 19.3. The number of aliphatic carboxylic acids is 1. The minimum Gasteiger partial charge on any atom is -0.479 e. The lowest BCUT2D eigenvalue weighted by atomic mass is 9.95. The molecule has 0 radical (unpaired) electrons. The Morgan fingerprint density at radius 2 is 1.27 bits per heavy atom. The monoisotopic (exact) mass is 370 g/mol. The predicted molar refractivity (Wildman–Crippen MR) is 104 cm³/mol. The molecule has 1 unspecified atom stereocenters. The lowest BCUT2D eigenvalue weighted by Crippen LogP contribution is -2.49. The van der Waals surface area contributed by atoms with E-state index in [2.05, 4.69) is 19.1 Å². The summed E-state index contributed by atoms with van der Waals surface area (Å²) in [5.41, 5.74) is -2.64. The molecule has 0 saturated carbocycles. The first-order valence-electron chi connectivity index (χ1n) is 10.2. The van der Waals surface area contributed by atoms with Gasteiger partial charge in [0.2, 0.25) is 5.60 Å². The second kappa shape index (κ2) is 16.0. The first-order chi connectivity index (χ1) is 12.5. The molecule has 5 heteroatoms. The standard InChI is InChI=1S/C21H38O5/c1-2-3-4-5-6-7-8-9-10-11-12-13-14-15-16-17-19(23)21(26,18-22)20(24)25/h9-10,22,26H,2-8,11-18H2,1H3,(H,24,25)/b10-9-. The number of hydrogen-bond donors (Lipinski definition) is 3. The largest absolute Gasteiger partial charge is 0.479 e. The molecule has 0 bridgehead atoms. The fraction of sp³-hybridized carbons (Fsp3) is 0.810. The number of Topliss-reactive ketones (excluding diaryl/α,β-unsaturated/α-hetero) is 1. The Labute approximate surface area is 158 Å². The third-order valence-corrected chi connectivity index (χ3v) is 4.71. The van der Waals surface area contributed by atoms with Gasteiger partial charge in [0.15, 0.2) is 5.78 Å². The van der Waals surface area contributed by atoms with Gasteiger partial charge in [-0.2, -0.15) is 0 Å². The zero-order valence-corrected chi connectivity index (χ0v) is 16.4. The van der Waals surface area contributed by atoms with Crippen molar-refractivity contribution in [3.8, 4) is 0 Å². The molecule has 0 rings (SSSR count). The number of carboxylic acids is 1. The second-order valence-electron chi connectivity index (χ2n) is 7.08. The van der Waals surface area contributed by atoms with Crippen LogP contribution in [-0.4, -0.2) is 39.3 Å². The molecule has 0 spiro atoms. The molecule has 0 aromatic heterocycles. The molecule has 1 atom stereocenters. The highest BCUT2D eigenvalue weighted by Gasteiger charge is 2.42. The van der Waals surface area contributed by atoms with Gasteiger partial charge in [0.1, 0.15) is 0 Å². The van der Waals surface area contributed by atoms with E-state index in [0.717, 1.165) is 32.1 Å². The first kappa shape index (κ1) is 24.8. The molecule has 3 N–H and O–H groups in total. The third-order valence-electron chi connectivity index (χ3n) is 4.71. The highest BCUT2D eigenvalue weighted by atomic mass is 16.4. The number of unbranched alkanes of at least 4 members (excludes halogenated alkanes) is 11. The number of carbonyl (C=O) groups excluding carboxylic acids is 1. The average molecular weight is 371 g/mol. The summed E-state index contributed by atoms with van der Waals surface area (Å²) in [5, 5.41) is 27.3. The highest BCUT2D eigenvalue weighted by Crippen LogP contribution is 2.14. The number of carboxylic acid groups (broad SMARTS) is 1. The van der Waals surface area contributed by atoms with Crippen LogP contribution >= 0.6 is 0 Å². The Bertz CT molecular complexity index is 405. The van der Waals surface area contributed by atoms with Gasteiger partial charge in [-0.15, -0.1) is 0 Å². The van der Waals surface area contributed by atoms with E-state index in [-0.39, 0.29) is 6.42 Å². The predicted octanol–water partition coefficient (Wildman–Crippen LogP) is 4.40. The number of aliphatic hydroxyl groups excluding tert-OH is 1. The lowest BCUT2D eigenvalue weighted by molar-refractivity contribution is -0.169. The normalized spacial score (nSPS) is 13.8. The molecule has 152 valence electrons. The lowest BCUT2D eigenvalue weighted by Gasteiger charge is -2.18. The maximum atomic E-state index is 11.7. The molecule has 0 fully saturated rings. The van der Waals surface area contributed by atoms with Crippen molar-refractivity contribution in [1.29, 1.82) is 0 Å². The molecule has 5 nitrogen and oxygen atoms in total. The maximum Gasteiger partial charge on any atom is 0.346 e. The van der Waals surface area contributed by atoms with Crippen LogP contribution in [0.4, 0.5) is 0 Å². The van der Waals surface area contributed by atoms with Gasteiger partial charge < -0.3 is 15.3 Å². The molecule has 26 heavy (non-hydrogen) atoms. The molecule has 0 aliphatic carbocycles. The Hall–Kier alpha value is -1.20. The van der Waals surface area contributed by atoms with E-state index in [1.54, 1.807) is 0 Å². The highest BCUT2D eigenvalue weighted by molar-refractivity contribution is 6.06. The molecule has 0 aromatic carbocycles. The van der Waals surface area contributed by atoms with E-state index in [4.69, 9.17) is 10.2 Å². The van der Waals surface area contributed by atoms with Crippen LogP contribution in [0.2, 0.25) is 0 Å². The van der Waals surface area contributed by atoms with E-state index < -0.39 is 24.0 Å². The number of aliphatic hydroxyl groups is 2. The molecule has 0 aliphatic heterocycles. The van der Waals surface area contributed by atoms with Gasteiger partial charge in [-0.1, -0.05) is 70.4 Å². The van der Waals surface area contributed by atoms with Gasteiger partial charge >= 0.3 is 5.97 Å². The molecule has 0 aromatic rings. The van der Waals surface area contributed by atoms with Crippen LogP contribution in [0.25, 0.3) is 0 Å². The van der Waals surface area contributed by atoms with E-state index in [9.17, 15) is 14.7 Å². The summed E-state index contributed by atoms with van der Waals surface area (Å²) in [7, 11) is 0. The van der Waals surface area contributed by atoms with Crippen molar-refractivity contribution < 1.29 is 24.9 Å². The molecular weight excluding hydrogens is 332 g/mol. The van der Waals surface area contributed by atoms with Crippen molar-refractivity contribution in [1.82, 2.24) is 0 Å². The first-order valence-corrected chi connectivity index (χ1v) is 10.2. The maximum absolute atomic E-state index is 11.7. The Balaban J connectivity index is 3.50. The van der Waals surface area contributed by atoms with Crippen molar-refractivity contribution >= 4 is 11.8 Å². The van der Waals surface area contributed by atoms with Crippen LogP contribution < -0.4 is 0 Å². The molecule has 0 amide bonds. The smallest absolute Gasteiger partial charge is 0.346 e. The van der Waals surface area contributed by atoms with E-state index in [1.165, 1.54) is 44.9 Å². The molecule has 0 heterocycles. The van der Waals surface area contributed by atoms with Crippen LogP contribution in [0.5, 0.6) is 0 Å². The van der Waals surface area contributed by atoms with Crippen molar-refractivity contribution in [3.63, 3.8) is 0 Å². The molecule has 0 saturated heterocycles. The Morgan fingerprint density at radius 3 is 1.73 bits per heavy atom. The summed E-state index contributed by atoms with van der Waals surface area (Å²) in [6, 6.07) is 0. The molecule has 0 aliphatic rings. The van der Waals surface area contributed by atoms with Crippen LogP contribution in [0.3, 0.4) is 0 Å². The number of carbonyl (C=O) groups is 2. The van der Waals surface area contributed by atoms with Gasteiger partial charge in [0.05, 0.1) is 6.61 Å². The van der Waals surface area contributed by atoms with Crippen LogP contribution in [0, 0.1) is 0 Å². The Morgan fingerprint density at radius 1 is 0.808 bits per heavy atom. The van der Waals surface area contributed by atoms with Crippen molar-refractivity contribution in [2.45, 2.75) is 102 Å². The third kappa shape index (κ3) is 11.4. The summed E-state index contributed by atoms with van der Waals surface area (Å²) < 4.78 is 0. The number of rotatable bonds is 18. The zero-order valence-electron chi connectivity index (χ0n) is 16.4. The zero-order chi connectivity index (χ0) is 19.7. The van der Waals surface area contributed by atoms with Gasteiger partial charge in [0, 0.05) is 6.42 Å². The summed E-state index contributed by atoms with van der Waals surface area (Å²) in [5.74, 6) is -2.50. The summed E-state index contributed by atoms with van der Waals surface area (Å²) in [4.78, 5) is 22.5. The van der Waals surface area contributed by atoms with Crippen molar-refractivity contribution in [3.05, 3.63) is 12.2 Å². The fourth-order valence-electron chi connectivity index (χ4n) is 2.84. The topological polar surface area (TPSA) is 94.8 Å². The number of ketones is 1. The summed E-state index contributed by atoms with van der Waals surface area (Å²) in [6.45, 7) is 1.16. The van der Waals surface area contributed by atoms with E-state index in [1.807, 2.05) is 0 Å². The number of hydrogen-bond acceptors (Lipinski definition) is 4. The van der Waals surface area contributed by atoms with Crippen molar-refractivity contribution in [2.24, 2.45) is 0 Å². The van der Waals surface area contributed by atoms with Crippen LogP contribution in [0.15, 0.2) is 12.2 Å². The second-order valence-corrected chi connectivity index (χ2v) is 7.08. The molecular formula is C21H38O5. The van der Waals surface area contributed by atoms with Crippen LogP contribution in [0.1, 0.15) is 96.8 Å². The minimum atomic E-state index is -2.64. The fourth-order valence-corrected chi connectivity index (χ4v) is 2.84. The van der Waals surface area contributed by atoms with Gasteiger partial charge in [-0.25, -0.2) is 4.79 Å². The van der Waals surface area contributed by atoms with Gasteiger partial charge in [0.25, 0.3) is 0 Å². The van der Waals surface area contributed by atoms with Crippen LogP contribution in [-0.2, 0) is 9.59 Å². The van der Waals surface area contributed by atoms with E-state index >= 15 is 0 Å². The quantitative estimate of drug-likeness (QED) is 0.189. The summed E-state index contributed by atoms with van der Waals surface area (Å²) >= 11 is 0. The van der Waals surface area contributed by atoms with E-state index in [0.29, 0.717) is 6.42 Å². The average Bonchev–Trinajstić information content (AvgIpc) is 2.63.